The maximum Gasteiger partial charge on any atom is 0.242 e. The number of aliphatic imine (C=N–C) groups is 1. The van der Waals surface area contributed by atoms with Gasteiger partial charge in [0.05, 0.1) is 0 Å². The van der Waals surface area contributed by atoms with Crippen molar-refractivity contribution >= 4 is 35.8 Å². The Balaban J connectivity index is 0.00000312. The van der Waals surface area contributed by atoms with Gasteiger partial charge in [0.15, 0.2) is 5.96 Å². The molecule has 0 radical (unpaired) electrons. The van der Waals surface area contributed by atoms with Crippen molar-refractivity contribution in [1.29, 1.82) is 0 Å². The van der Waals surface area contributed by atoms with E-state index >= 15 is 0 Å². The van der Waals surface area contributed by atoms with Gasteiger partial charge in [-0.25, -0.2) is 4.99 Å². The number of amides is 1. The Morgan fingerprint density at radius 3 is 2.44 bits per heavy atom. The first-order valence-electron chi connectivity index (χ1n) is 9.02. The molecule has 1 aliphatic carbocycles. The molecule has 0 atom stereocenters. The summed E-state index contributed by atoms with van der Waals surface area (Å²) in [4.78, 5) is 16.4. The van der Waals surface area contributed by atoms with Crippen molar-refractivity contribution in [3.8, 4) is 0 Å². The fourth-order valence-corrected chi connectivity index (χ4v) is 2.92. The molecular weight excluding hydrogens is 427 g/mol. The van der Waals surface area contributed by atoms with Gasteiger partial charge in [0.2, 0.25) is 5.91 Å². The number of halogens is 1. The lowest BCUT2D eigenvalue weighted by Gasteiger charge is -2.28. The van der Waals surface area contributed by atoms with Crippen molar-refractivity contribution < 1.29 is 4.79 Å². The van der Waals surface area contributed by atoms with Crippen molar-refractivity contribution in [2.45, 2.75) is 52.1 Å². The van der Waals surface area contributed by atoms with Crippen molar-refractivity contribution in [3.05, 3.63) is 35.9 Å². The molecule has 1 fully saturated rings. The highest BCUT2D eigenvalue weighted by molar-refractivity contribution is 14.0. The van der Waals surface area contributed by atoms with Crippen LogP contribution in [0.15, 0.2) is 35.3 Å². The minimum atomic E-state index is -0.0617. The summed E-state index contributed by atoms with van der Waals surface area (Å²) in [5, 5.41) is 9.60. The van der Waals surface area contributed by atoms with Gasteiger partial charge in [-0.15, -0.1) is 24.0 Å². The minimum Gasteiger partial charge on any atom is -0.357 e. The zero-order valence-corrected chi connectivity index (χ0v) is 17.6. The Bertz CT molecular complexity index is 527. The molecule has 0 saturated heterocycles. The van der Waals surface area contributed by atoms with Gasteiger partial charge in [-0.1, -0.05) is 37.3 Å². The van der Waals surface area contributed by atoms with Gasteiger partial charge in [0.25, 0.3) is 0 Å². The summed E-state index contributed by atoms with van der Waals surface area (Å²) in [6.45, 7) is 5.83. The zero-order valence-electron chi connectivity index (χ0n) is 15.3. The highest BCUT2D eigenvalue weighted by Gasteiger charge is 2.18. The van der Waals surface area contributed by atoms with Gasteiger partial charge in [0, 0.05) is 19.1 Å². The fourth-order valence-electron chi connectivity index (χ4n) is 2.92. The first-order valence-corrected chi connectivity index (χ1v) is 9.02. The van der Waals surface area contributed by atoms with Crippen LogP contribution in [0.25, 0.3) is 0 Å². The Morgan fingerprint density at radius 1 is 1.12 bits per heavy atom. The molecule has 0 unspecified atom stereocenters. The van der Waals surface area contributed by atoms with Crippen LogP contribution in [0.5, 0.6) is 0 Å². The summed E-state index contributed by atoms with van der Waals surface area (Å²) in [6.07, 6.45) is 4.86. The number of nitrogens with one attached hydrogen (secondary N) is 3. The molecule has 1 aliphatic rings. The molecule has 0 spiro atoms. The molecule has 0 bridgehead atoms. The van der Waals surface area contributed by atoms with E-state index in [2.05, 4.69) is 27.9 Å². The number of rotatable bonds is 6. The lowest BCUT2D eigenvalue weighted by molar-refractivity contribution is -0.119. The smallest absolute Gasteiger partial charge is 0.242 e. The van der Waals surface area contributed by atoms with Crippen LogP contribution in [0.3, 0.4) is 0 Å². The van der Waals surface area contributed by atoms with Crippen molar-refractivity contribution in [2.75, 3.05) is 13.1 Å². The number of hydrogen-bond donors (Lipinski definition) is 3. The van der Waals surface area contributed by atoms with E-state index in [1.807, 2.05) is 37.3 Å². The van der Waals surface area contributed by atoms with Gasteiger partial charge in [-0.3, -0.25) is 4.79 Å². The molecule has 0 aromatic heterocycles. The van der Waals surface area contributed by atoms with E-state index in [4.69, 9.17) is 0 Å². The number of carbonyl (C=O) groups is 1. The Morgan fingerprint density at radius 2 is 1.80 bits per heavy atom. The molecular formula is C19H31IN4O. The summed E-state index contributed by atoms with van der Waals surface area (Å²) >= 11 is 0. The number of hydrogen-bond acceptors (Lipinski definition) is 2. The molecule has 1 aromatic carbocycles. The van der Waals surface area contributed by atoms with Crippen LogP contribution in [-0.4, -0.2) is 31.0 Å². The molecule has 5 nitrogen and oxygen atoms in total. The second-order valence-corrected chi connectivity index (χ2v) is 6.56. The summed E-state index contributed by atoms with van der Waals surface area (Å²) in [5.74, 6) is 1.51. The number of nitrogens with zero attached hydrogens (tertiary/aromatic N) is 1. The van der Waals surface area contributed by atoms with Crippen LogP contribution >= 0.6 is 24.0 Å². The molecule has 6 heteroatoms. The standard InChI is InChI=1S/C19H30N4O.HI/c1-3-20-19(23-17-11-9-15(2)10-12-17)22-14-18(24)21-13-16-7-5-4-6-8-16;/h4-8,15,17H,3,9-14H2,1-2H3,(H,21,24)(H2,20,22,23);1H. The topological polar surface area (TPSA) is 65.5 Å². The Labute approximate surface area is 168 Å². The van der Waals surface area contributed by atoms with E-state index in [1.54, 1.807) is 0 Å². The predicted molar refractivity (Wildman–Crippen MR) is 114 cm³/mol. The Kier molecular flexibility index (Phi) is 10.5. The molecule has 140 valence electrons. The van der Waals surface area contributed by atoms with Crippen molar-refractivity contribution in [3.63, 3.8) is 0 Å². The summed E-state index contributed by atoms with van der Waals surface area (Å²) in [7, 11) is 0. The van der Waals surface area contributed by atoms with Crippen LogP contribution < -0.4 is 16.0 Å². The molecule has 1 amide bonds. The average Bonchev–Trinajstić information content (AvgIpc) is 2.61. The van der Waals surface area contributed by atoms with Crippen LogP contribution in [0.4, 0.5) is 0 Å². The summed E-state index contributed by atoms with van der Waals surface area (Å²) < 4.78 is 0. The number of guanidine groups is 1. The first kappa shape index (κ1) is 21.7. The lowest BCUT2D eigenvalue weighted by Crippen LogP contribution is -2.45. The second kappa shape index (κ2) is 12.1. The van der Waals surface area contributed by atoms with Gasteiger partial charge in [-0.05, 0) is 44.1 Å². The minimum absolute atomic E-state index is 0. The summed E-state index contributed by atoms with van der Waals surface area (Å²) in [5.41, 5.74) is 1.09. The zero-order chi connectivity index (χ0) is 17.2. The number of carbonyl (C=O) groups excluding carboxylic acids is 1. The van der Waals surface area contributed by atoms with Crippen molar-refractivity contribution in [1.82, 2.24) is 16.0 Å². The Hall–Kier alpha value is -1.31. The maximum absolute atomic E-state index is 12.0. The first-order chi connectivity index (χ1) is 11.7. The molecule has 3 N–H and O–H groups in total. The molecule has 2 rings (SSSR count). The van der Waals surface area contributed by atoms with Crippen LogP contribution in [0.2, 0.25) is 0 Å². The number of benzene rings is 1. The molecule has 0 aliphatic heterocycles. The van der Waals surface area contributed by atoms with Crippen LogP contribution in [-0.2, 0) is 11.3 Å². The summed E-state index contributed by atoms with van der Waals surface area (Å²) in [6, 6.07) is 10.4. The largest absolute Gasteiger partial charge is 0.357 e. The van der Waals surface area contributed by atoms with E-state index in [9.17, 15) is 4.79 Å². The monoisotopic (exact) mass is 458 g/mol. The van der Waals surface area contributed by atoms with E-state index in [-0.39, 0.29) is 36.4 Å². The van der Waals surface area contributed by atoms with E-state index in [0.29, 0.717) is 12.6 Å². The van der Waals surface area contributed by atoms with Crippen molar-refractivity contribution in [2.24, 2.45) is 10.9 Å². The molecule has 25 heavy (non-hydrogen) atoms. The molecule has 0 heterocycles. The predicted octanol–water partition coefficient (Wildman–Crippen LogP) is 3.05. The van der Waals surface area contributed by atoms with E-state index < -0.39 is 0 Å². The maximum atomic E-state index is 12.0. The average molecular weight is 458 g/mol. The quantitative estimate of drug-likeness (QED) is 0.349. The highest BCUT2D eigenvalue weighted by Crippen LogP contribution is 2.23. The highest BCUT2D eigenvalue weighted by atomic mass is 127. The third-order valence-electron chi connectivity index (χ3n) is 4.41. The molecule has 1 aromatic rings. The van der Waals surface area contributed by atoms with Gasteiger partial charge >= 0.3 is 0 Å². The van der Waals surface area contributed by atoms with Crippen LogP contribution in [0, 0.1) is 5.92 Å². The van der Waals surface area contributed by atoms with Crippen LogP contribution in [0.1, 0.15) is 45.1 Å². The van der Waals surface area contributed by atoms with Gasteiger partial charge in [0.1, 0.15) is 6.54 Å². The van der Waals surface area contributed by atoms with E-state index in [1.165, 1.54) is 25.7 Å². The van der Waals surface area contributed by atoms with Gasteiger partial charge in [-0.2, -0.15) is 0 Å². The third-order valence-corrected chi connectivity index (χ3v) is 4.41. The normalized spacial score (nSPS) is 20.3. The van der Waals surface area contributed by atoms with E-state index in [0.717, 1.165) is 24.0 Å². The van der Waals surface area contributed by atoms with Gasteiger partial charge < -0.3 is 16.0 Å². The second-order valence-electron chi connectivity index (χ2n) is 6.56. The third kappa shape index (κ3) is 8.56. The molecule has 1 saturated carbocycles. The fraction of sp³-hybridized carbons (Fsp3) is 0.579. The lowest BCUT2D eigenvalue weighted by atomic mass is 9.87. The SMILES string of the molecule is CCNC(=NCC(=O)NCc1ccccc1)NC1CCC(C)CC1.I.